The quantitative estimate of drug-likeness (QED) is 0.804. The Morgan fingerprint density at radius 2 is 2.09 bits per heavy atom. The van der Waals surface area contributed by atoms with E-state index in [-0.39, 0.29) is 18.4 Å². The average molecular weight is 318 g/mol. The van der Waals surface area contributed by atoms with Gasteiger partial charge in [-0.1, -0.05) is 37.3 Å². The third kappa shape index (κ3) is 5.06. The van der Waals surface area contributed by atoms with Crippen LogP contribution in [0.15, 0.2) is 30.3 Å². The zero-order valence-electron chi connectivity index (χ0n) is 13.7. The van der Waals surface area contributed by atoms with E-state index < -0.39 is 11.4 Å². The van der Waals surface area contributed by atoms with Crippen LogP contribution in [0.4, 0.5) is 0 Å². The van der Waals surface area contributed by atoms with E-state index in [2.05, 4.69) is 24.4 Å². The van der Waals surface area contributed by atoms with Crippen LogP contribution in [0.3, 0.4) is 0 Å². The molecule has 1 fully saturated rings. The first-order valence-electron chi connectivity index (χ1n) is 8.24. The lowest BCUT2D eigenvalue weighted by Gasteiger charge is -2.35. The van der Waals surface area contributed by atoms with E-state index in [1.54, 1.807) is 0 Å². The predicted molar refractivity (Wildman–Crippen MR) is 88.7 cm³/mol. The van der Waals surface area contributed by atoms with Crippen molar-refractivity contribution in [1.82, 2.24) is 5.32 Å². The van der Waals surface area contributed by atoms with Gasteiger partial charge in [-0.05, 0) is 37.2 Å². The van der Waals surface area contributed by atoms with Gasteiger partial charge in [0.2, 0.25) is 11.8 Å². The summed E-state index contributed by atoms with van der Waals surface area (Å²) in [6, 6.07) is 10.2. The molecular weight excluding hydrogens is 292 g/mol. The van der Waals surface area contributed by atoms with E-state index in [1.807, 2.05) is 18.2 Å². The molecule has 2 rings (SSSR count). The zero-order valence-corrected chi connectivity index (χ0v) is 13.7. The normalized spacial score (nSPS) is 22.3. The average Bonchev–Trinajstić information content (AvgIpc) is 2.54. The van der Waals surface area contributed by atoms with Gasteiger partial charge in [0.15, 0.2) is 0 Å². The number of primary amides is 1. The van der Waals surface area contributed by atoms with Crippen molar-refractivity contribution < 1.29 is 14.3 Å². The fraction of sp³-hybridized carbons (Fsp3) is 0.556. The number of carbonyl (C=O) groups excluding carboxylic acids is 2. The Hall–Kier alpha value is -1.88. The standard InChI is InChI=1S/C18H26N2O3/c1-14(8-9-15-6-3-2-4-7-15)12-16(21)20-18(17(19)22)10-5-11-23-13-18/h2-4,6-7,14H,5,8-13H2,1H3,(H2,19,22)(H,20,21)/t14-,18+/m1/s1. The first-order valence-corrected chi connectivity index (χ1v) is 8.24. The number of nitrogens with one attached hydrogen (secondary N) is 1. The van der Waals surface area contributed by atoms with Crippen LogP contribution in [0.1, 0.15) is 38.2 Å². The molecule has 0 unspecified atom stereocenters. The molecule has 2 amide bonds. The highest BCUT2D eigenvalue weighted by Crippen LogP contribution is 2.20. The molecule has 1 aromatic carbocycles. The minimum atomic E-state index is -1.03. The number of benzene rings is 1. The molecule has 1 aliphatic heterocycles. The fourth-order valence-electron chi connectivity index (χ4n) is 2.94. The predicted octanol–water partition coefficient (Wildman–Crippen LogP) is 1.80. The minimum Gasteiger partial charge on any atom is -0.378 e. The molecule has 0 bridgehead atoms. The number of aryl methyl sites for hydroxylation is 1. The van der Waals surface area contributed by atoms with Gasteiger partial charge in [0, 0.05) is 13.0 Å². The first kappa shape index (κ1) is 17.5. The van der Waals surface area contributed by atoms with Crippen molar-refractivity contribution in [2.24, 2.45) is 11.7 Å². The van der Waals surface area contributed by atoms with E-state index in [1.165, 1.54) is 5.56 Å². The second kappa shape index (κ2) is 8.11. The Morgan fingerprint density at radius 1 is 1.35 bits per heavy atom. The molecule has 1 saturated heterocycles. The molecule has 5 heteroatoms. The number of ether oxygens (including phenoxy) is 1. The Morgan fingerprint density at radius 3 is 2.70 bits per heavy atom. The topological polar surface area (TPSA) is 81.4 Å². The van der Waals surface area contributed by atoms with Crippen molar-refractivity contribution in [3.8, 4) is 0 Å². The minimum absolute atomic E-state index is 0.130. The van der Waals surface area contributed by atoms with Gasteiger partial charge >= 0.3 is 0 Å². The number of nitrogens with two attached hydrogens (primary N) is 1. The van der Waals surface area contributed by atoms with E-state index >= 15 is 0 Å². The van der Waals surface area contributed by atoms with E-state index in [0.717, 1.165) is 19.3 Å². The molecule has 2 atom stereocenters. The van der Waals surface area contributed by atoms with Gasteiger partial charge in [-0.15, -0.1) is 0 Å². The third-order valence-electron chi connectivity index (χ3n) is 4.39. The van der Waals surface area contributed by atoms with E-state index in [4.69, 9.17) is 10.5 Å². The van der Waals surface area contributed by atoms with Crippen molar-refractivity contribution in [3.63, 3.8) is 0 Å². The highest BCUT2D eigenvalue weighted by molar-refractivity contribution is 5.90. The van der Waals surface area contributed by atoms with Gasteiger partial charge in [-0.25, -0.2) is 0 Å². The zero-order chi connectivity index (χ0) is 16.7. The van der Waals surface area contributed by atoms with Gasteiger partial charge in [-0.2, -0.15) is 0 Å². The smallest absolute Gasteiger partial charge is 0.245 e. The van der Waals surface area contributed by atoms with Crippen molar-refractivity contribution in [3.05, 3.63) is 35.9 Å². The number of hydrogen-bond donors (Lipinski definition) is 2. The molecule has 1 heterocycles. The Labute approximate surface area is 137 Å². The fourth-order valence-corrected chi connectivity index (χ4v) is 2.94. The van der Waals surface area contributed by atoms with Crippen LogP contribution >= 0.6 is 0 Å². The largest absolute Gasteiger partial charge is 0.378 e. The maximum absolute atomic E-state index is 12.3. The lowest BCUT2D eigenvalue weighted by atomic mass is 9.90. The van der Waals surface area contributed by atoms with Crippen LogP contribution in [0.2, 0.25) is 0 Å². The molecular formula is C18H26N2O3. The molecule has 1 aromatic rings. The van der Waals surface area contributed by atoms with Crippen LogP contribution < -0.4 is 11.1 Å². The molecule has 0 aromatic heterocycles. The van der Waals surface area contributed by atoms with Crippen LogP contribution in [0.5, 0.6) is 0 Å². The molecule has 0 spiro atoms. The monoisotopic (exact) mass is 318 g/mol. The number of amides is 2. The molecule has 3 N–H and O–H groups in total. The lowest BCUT2D eigenvalue weighted by molar-refractivity contribution is -0.137. The summed E-state index contributed by atoms with van der Waals surface area (Å²) in [5.41, 5.74) is 5.72. The Balaban J connectivity index is 1.82. The molecule has 5 nitrogen and oxygen atoms in total. The summed E-state index contributed by atoms with van der Waals surface area (Å²) >= 11 is 0. The molecule has 1 aliphatic rings. The van der Waals surface area contributed by atoms with E-state index in [0.29, 0.717) is 19.4 Å². The van der Waals surface area contributed by atoms with Crippen molar-refractivity contribution in [1.29, 1.82) is 0 Å². The van der Waals surface area contributed by atoms with E-state index in [9.17, 15) is 9.59 Å². The maximum Gasteiger partial charge on any atom is 0.245 e. The summed E-state index contributed by atoms with van der Waals surface area (Å²) in [7, 11) is 0. The summed E-state index contributed by atoms with van der Waals surface area (Å²) in [5.74, 6) is -0.401. The second-order valence-electron chi connectivity index (χ2n) is 6.48. The summed E-state index contributed by atoms with van der Waals surface area (Å²) in [6.07, 6.45) is 3.54. The summed E-state index contributed by atoms with van der Waals surface area (Å²) in [6.45, 7) is 2.83. The highest BCUT2D eigenvalue weighted by Gasteiger charge is 2.40. The van der Waals surface area contributed by atoms with Crippen molar-refractivity contribution >= 4 is 11.8 Å². The van der Waals surface area contributed by atoms with Crippen LogP contribution in [0.25, 0.3) is 0 Å². The summed E-state index contributed by atoms with van der Waals surface area (Å²) < 4.78 is 5.34. The van der Waals surface area contributed by atoms with Gasteiger partial charge in [-0.3, -0.25) is 9.59 Å². The molecule has 23 heavy (non-hydrogen) atoms. The summed E-state index contributed by atoms with van der Waals surface area (Å²) in [4.78, 5) is 24.0. The Kier molecular flexibility index (Phi) is 6.16. The van der Waals surface area contributed by atoms with Crippen LogP contribution in [-0.2, 0) is 20.7 Å². The molecule has 126 valence electrons. The molecule has 0 radical (unpaired) electrons. The van der Waals surface area contributed by atoms with Crippen molar-refractivity contribution in [2.75, 3.05) is 13.2 Å². The summed E-state index contributed by atoms with van der Waals surface area (Å²) in [5, 5.41) is 2.82. The van der Waals surface area contributed by atoms with Crippen molar-refractivity contribution in [2.45, 2.75) is 44.6 Å². The van der Waals surface area contributed by atoms with Gasteiger partial charge in [0.1, 0.15) is 5.54 Å². The number of hydrogen-bond acceptors (Lipinski definition) is 3. The maximum atomic E-state index is 12.3. The third-order valence-corrected chi connectivity index (χ3v) is 4.39. The number of rotatable bonds is 7. The first-order chi connectivity index (χ1) is 11.0. The van der Waals surface area contributed by atoms with Gasteiger partial charge in [0.05, 0.1) is 6.61 Å². The molecule has 0 saturated carbocycles. The van der Waals surface area contributed by atoms with Gasteiger partial charge < -0.3 is 15.8 Å². The number of carbonyl (C=O) groups is 2. The lowest BCUT2D eigenvalue weighted by Crippen LogP contribution is -2.62. The van der Waals surface area contributed by atoms with Crippen LogP contribution in [0, 0.1) is 5.92 Å². The van der Waals surface area contributed by atoms with Crippen LogP contribution in [-0.4, -0.2) is 30.6 Å². The second-order valence-corrected chi connectivity index (χ2v) is 6.48. The van der Waals surface area contributed by atoms with Gasteiger partial charge in [0.25, 0.3) is 0 Å². The highest BCUT2D eigenvalue weighted by atomic mass is 16.5. The SMILES string of the molecule is C[C@H](CCc1ccccc1)CC(=O)N[C@@]1(C(N)=O)CCCOC1. The molecule has 0 aliphatic carbocycles. The Bertz CT molecular complexity index is 524.